The average molecular weight is 376 g/mol. The van der Waals surface area contributed by atoms with Gasteiger partial charge in [0.2, 0.25) is 11.8 Å². The lowest BCUT2D eigenvalue weighted by Gasteiger charge is -2.39. The van der Waals surface area contributed by atoms with Crippen LogP contribution in [0.4, 0.5) is 0 Å². The van der Waals surface area contributed by atoms with Gasteiger partial charge in [-0.3, -0.25) is 9.59 Å². The number of nitrogens with one attached hydrogen (secondary N) is 1. The Morgan fingerprint density at radius 2 is 1.92 bits per heavy atom. The molecule has 0 aliphatic carbocycles. The highest BCUT2D eigenvalue weighted by Gasteiger charge is 2.45. The lowest BCUT2D eigenvalue weighted by atomic mass is 9.85. The van der Waals surface area contributed by atoms with Gasteiger partial charge in [-0.1, -0.05) is 34.6 Å². The molecule has 1 fully saturated rings. The summed E-state index contributed by atoms with van der Waals surface area (Å²) in [5.41, 5.74) is 5.00. The van der Waals surface area contributed by atoms with Gasteiger partial charge in [0.05, 0.1) is 11.1 Å². The quantitative estimate of drug-likeness (QED) is 0.268. The Hall–Kier alpha value is -1.45. The zero-order chi connectivity index (χ0) is 19.9. The first-order valence-electron chi connectivity index (χ1n) is 8.38. The molecular formula is C16H33N5O3S. The molecule has 0 radical (unpaired) electrons. The number of hydrogen-bond acceptors (Lipinski definition) is 7. The van der Waals surface area contributed by atoms with E-state index < -0.39 is 23.6 Å². The van der Waals surface area contributed by atoms with E-state index in [-0.39, 0.29) is 29.8 Å². The standard InChI is InChI=1S/C14H27N5O3S.C2H6/c1-14(2,3)11(19(16)7-10(15)23)13(22)18-6-8(20)5-9(18)12(21)17-4;1-2/h7-9,11,20,23H,5-6,15-16H2,1-4H3,(H,17,21);1-2H3/b10-7+;. The smallest absolute Gasteiger partial charge is 0.248 e. The second kappa shape index (κ2) is 9.88. The Balaban J connectivity index is 0.00000277. The number of aliphatic hydroxyl groups excluding tert-OH is 1. The van der Waals surface area contributed by atoms with E-state index in [1.54, 1.807) is 0 Å². The van der Waals surface area contributed by atoms with Gasteiger partial charge in [0.25, 0.3) is 0 Å². The van der Waals surface area contributed by atoms with Crippen LogP contribution in [-0.4, -0.2) is 58.6 Å². The average Bonchev–Trinajstić information content (AvgIpc) is 2.88. The number of likely N-dealkylation sites (N-methyl/N-ethyl adjacent to an activating group) is 1. The summed E-state index contributed by atoms with van der Waals surface area (Å²) >= 11 is 3.97. The molecule has 1 heterocycles. The molecule has 1 aliphatic rings. The molecule has 2 amide bonds. The third-order valence-corrected chi connectivity index (χ3v) is 3.86. The number of aliphatic hydroxyl groups is 1. The van der Waals surface area contributed by atoms with Gasteiger partial charge in [0.1, 0.15) is 12.1 Å². The van der Waals surface area contributed by atoms with Crippen molar-refractivity contribution in [2.45, 2.75) is 59.2 Å². The van der Waals surface area contributed by atoms with Crippen LogP contribution in [0.5, 0.6) is 0 Å². The third-order valence-electron chi connectivity index (χ3n) is 3.74. The van der Waals surface area contributed by atoms with E-state index in [4.69, 9.17) is 11.6 Å². The highest BCUT2D eigenvalue weighted by atomic mass is 32.1. The summed E-state index contributed by atoms with van der Waals surface area (Å²) in [6.45, 7) is 9.68. The van der Waals surface area contributed by atoms with Crippen molar-refractivity contribution in [2.24, 2.45) is 17.0 Å². The molecule has 1 aliphatic heterocycles. The Labute approximate surface area is 156 Å². The summed E-state index contributed by atoms with van der Waals surface area (Å²) in [5, 5.41) is 13.8. The molecule has 9 heteroatoms. The van der Waals surface area contributed by atoms with Crippen molar-refractivity contribution in [1.29, 1.82) is 0 Å². The van der Waals surface area contributed by atoms with Crippen LogP contribution in [0.1, 0.15) is 41.0 Å². The lowest BCUT2D eigenvalue weighted by molar-refractivity contribution is -0.145. The number of nitrogens with two attached hydrogens (primary N) is 2. The first-order valence-corrected chi connectivity index (χ1v) is 8.83. The number of amides is 2. The molecule has 3 unspecified atom stereocenters. The van der Waals surface area contributed by atoms with Crippen molar-refractivity contribution in [1.82, 2.24) is 15.2 Å². The van der Waals surface area contributed by atoms with Crippen LogP contribution in [0.2, 0.25) is 0 Å². The van der Waals surface area contributed by atoms with Crippen molar-refractivity contribution in [3.05, 3.63) is 11.2 Å². The number of hydrogen-bond donors (Lipinski definition) is 5. The maximum atomic E-state index is 13.0. The Morgan fingerprint density at radius 1 is 1.40 bits per heavy atom. The van der Waals surface area contributed by atoms with Gasteiger partial charge < -0.3 is 26.1 Å². The van der Waals surface area contributed by atoms with Gasteiger partial charge in [-0.05, 0) is 5.41 Å². The van der Waals surface area contributed by atoms with Crippen LogP contribution >= 0.6 is 12.6 Å². The van der Waals surface area contributed by atoms with Crippen LogP contribution in [0.3, 0.4) is 0 Å². The lowest BCUT2D eigenvalue weighted by Crippen LogP contribution is -2.58. The molecule has 3 atom stereocenters. The fraction of sp³-hybridized carbons (Fsp3) is 0.750. The molecule has 0 aromatic carbocycles. The van der Waals surface area contributed by atoms with Crippen molar-refractivity contribution >= 4 is 24.4 Å². The zero-order valence-electron chi connectivity index (χ0n) is 16.0. The van der Waals surface area contributed by atoms with Gasteiger partial charge in [-0.25, -0.2) is 5.84 Å². The van der Waals surface area contributed by atoms with Crippen LogP contribution < -0.4 is 16.9 Å². The topological polar surface area (TPSA) is 125 Å². The summed E-state index contributed by atoms with van der Waals surface area (Å²) in [6.07, 6.45) is 0.828. The minimum absolute atomic E-state index is 0.0947. The molecule has 146 valence electrons. The fourth-order valence-electron chi connectivity index (χ4n) is 2.80. The summed E-state index contributed by atoms with van der Waals surface area (Å²) in [5.74, 6) is 5.33. The van der Waals surface area contributed by atoms with Crippen LogP contribution in [0.25, 0.3) is 0 Å². The highest BCUT2D eigenvalue weighted by molar-refractivity contribution is 7.84. The zero-order valence-corrected chi connectivity index (χ0v) is 16.9. The number of nitrogens with zero attached hydrogens (tertiary/aromatic N) is 2. The van der Waals surface area contributed by atoms with E-state index in [1.165, 1.54) is 23.2 Å². The van der Waals surface area contributed by atoms with Crippen molar-refractivity contribution in [2.75, 3.05) is 13.6 Å². The monoisotopic (exact) mass is 375 g/mol. The molecule has 0 bridgehead atoms. The molecule has 0 spiro atoms. The molecule has 0 aromatic rings. The SMILES string of the molecule is CC.CNC(=O)C1CC(O)CN1C(=O)C(N(N)/C=C(\N)S)C(C)(C)C. The first kappa shape index (κ1) is 23.5. The molecule has 0 aromatic heterocycles. The maximum absolute atomic E-state index is 13.0. The number of thiol groups is 1. The number of hydrazine groups is 1. The summed E-state index contributed by atoms with van der Waals surface area (Å²) in [7, 11) is 1.50. The number of β-amino-alcohol motifs (C(OH)–C–C–N with tert-alkyl or cyclic N) is 1. The van der Waals surface area contributed by atoms with Gasteiger partial charge in [-0.2, -0.15) is 0 Å². The predicted molar refractivity (Wildman–Crippen MR) is 102 cm³/mol. The number of likely N-dealkylation sites (tertiary alicyclic amines) is 1. The Morgan fingerprint density at radius 3 is 2.32 bits per heavy atom. The van der Waals surface area contributed by atoms with Crippen LogP contribution in [0.15, 0.2) is 11.2 Å². The second-order valence-electron chi connectivity index (χ2n) is 6.78. The van der Waals surface area contributed by atoms with E-state index in [0.717, 1.165) is 0 Å². The van der Waals surface area contributed by atoms with E-state index in [2.05, 4.69) is 17.9 Å². The second-order valence-corrected chi connectivity index (χ2v) is 7.30. The van der Waals surface area contributed by atoms with Crippen molar-refractivity contribution in [3.63, 3.8) is 0 Å². The highest BCUT2D eigenvalue weighted by Crippen LogP contribution is 2.28. The van der Waals surface area contributed by atoms with E-state index in [1.807, 2.05) is 34.6 Å². The molecule has 6 N–H and O–H groups in total. The summed E-state index contributed by atoms with van der Waals surface area (Å²) < 4.78 is 0. The molecule has 0 saturated carbocycles. The number of carbonyl (C=O) groups is 2. The Bertz CT molecular complexity index is 489. The van der Waals surface area contributed by atoms with E-state index in [9.17, 15) is 14.7 Å². The summed E-state index contributed by atoms with van der Waals surface area (Å²) in [6, 6.07) is -1.47. The molecule has 8 nitrogen and oxygen atoms in total. The van der Waals surface area contributed by atoms with Crippen LogP contribution in [-0.2, 0) is 9.59 Å². The Kier molecular flexibility index (Phi) is 9.31. The van der Waals surface area contributed by atoms with E-state index >= 15 is 0 Å². The van der Waals surface area contributed by atoms with E-state index in [0.29, 0.717) is 0 Å². The van der Waals surface area contributed by atoms with Gasteiger partial charge >= 0.3 is 0 Å². The molecule has 25 heavy (non-hydrogen) atoms. The predicted octanol–water partition coefficient (Wildman–Crippen LogP) is -0.00180. The third kappa shape index (κ3) is 6.41. The number of carbonyl (C=O) groups excluding carboxylic acids is 2. The first-order chi connectivity index (χ1) is 11.5. The minimum atomic E-state index is -0.759. The molecular weight excluding hydrogens is 342 g/mol. The van der Waals surface area contributed by atoms with Crippen LogP contribution in [0, 0.1) is 5.41 Å². The maximum Gasteiger partial charge on any atom is 0.248 e. The molecule has 1 rings (SSSR count). The van der Waals surface area contributed by atoms with Gasteiger partial charge in [0.15, 0.2) is 0 Å². The van der Waals surface area contributed by atoms with Crippen molar-refractivity contribution < 1.29 is 14.7 Å². The normalized spacial score (nSPS) is 22.0. The number of rotatable bonds is 4. The van der Waals surface area contributed by atoms with Gasteiger partial charge in [-0.15, -0.1) is 12.6 Å². The summed E-state index contributed by atoms with van der Waals surface area (Å²) in [4.78, 5) is 26.4. The molecule has 1 saturated heterocycles. The largest absolute Gasteiger partial charge is 0.392 e. The van der Waals surface area contributed by atoms with Crippen molar-refractivity contribution in [3.8, 4) is 0 Å². The fourth-order valence-corrected chi connectivity index (χ4v) is 2.94. The minimum Gasteiger partial charge on any atom is -0.392 e. The van der Waals surface area contributed by atoms with Gasteiger partial charge in [0, 0.05) is 26.2 Å².